The van der Waals surface area contributed by atoms with Gasteiger partial charge in [0.2, 0.25) is 0 Å². The van der Waals surface area contributed by atoms with Gasteiger partial charge < -0.3 is 2.85 Å². The molecular formula is H2BaCuEuO. The topological polar surface area (TPSA) is 17.1 Å². The average molecular weight is 371 g/mol. The molecule has 0 bridgehead atoms. The van der Waals surface area contributed by atoms with E-state index in [1.165, 1.54) is 0 Å². The van der Waals surface area contributed by atoms with E-state index in [2.05, 4.69) is 15.9 Å². The van der Waals surface area contributed by atoms with Gasteiger partial charge in [-0.3, -0.25) is 0 Å². The molecule has 0 spiro atoms. The fourth-order valence-electron chi connectivity index (χ4n) is 0. The molecular weight excluding hydrogens is 369 g/mol. The first-order valence-electron chi connectivity index (χ1n) is 0.123. The average Bonchev–Trinajstić information content (AvgIpc) is 1.00. The van der Waals surface area contributed by atoms with E-state index < -0.39 is 0 Å². The second kappa shape index (κ2) is 16.1. The molecule has 1 nitrogen and oxygen atoms in total. The van der Waals surface area contributed by atoms with Crippen molar-refractivity contribution >= 4 is 48.9 Å². The van der Waals surface area contributed by atoms with Crippen molar-refractivity contribution in [1.29, 1.82) is 0 Å². The molecule has 0 aromatic carbocycles. The van der Waals surface area contributed by atoms with Gasteiger partial charge in [0.15, 0.2) is 0 Å². The zero-order valence-corrected chi connectivity index (χ0v) is 9.60. The van der Waals surface area contributed by atoms with Crippen LogP contribution in [0.4, 0.5) is 0 Å². The molecule has 0 aliphatic rings. The summed E-state index contributed by atoms with van der Waals surface area (Å²) in [4.78, 5) is 0. The van der Waals surface area contributed by atoms with Crippen molar-refractivity contribution in [2.45, 2.75) is 0 Å². The zero-order chi connectivity index (χ0) is 2.00. The quantitative estimate of drug-likeness (QED) is 0.536. The summed E-state index contributed by atoms with van der Waals surface area (Å²) in [5.41, 5.74) is 0. The van der Waals surface area contributed by atoms with E-state index in [9.17, 15) is 0 Å². The second-order valence-corrected chi connectivity index (χ2v) is 0. The Morgan fingerprint density at radius 3 is 1.50 bits per heavy atom. The van der Waals surface area contributed by atoms with Crippen molar-refractivity contribution in [2.75, 3.05) is 0 Å². The van der Waals surface area contributed by atoms with Gasteiger partial charge in [0.25, 0.3) is 0 Å². The van der Waals surface area contributed by atoms with Gasteiger partial charge >= 0.3 is 68.7 Å². The predicted molar refractivity (Wildman–Crippen MR) is 8.66 cm³/mol. The van der Waals surface area contributed by atoms with Gasteiger partial charge in [0, 0.05) is 49.4 Å². The predicted octanol–water partition coefficient (Wildman–Crippen LogP) is -0.277. The molecule has 0 fully saturated rings. The van der Waals surface area contributed by atoms with Crippen molar-refractivity contribution in [1.82, 2.24) is 0 Å². The first-order valence-corrected chi connectivity index (χ1v) is 0.508. The summed E-state index contributed by atoms with van der Waals surface area (Å²) in [5.74, 6) is 0. The summed E-state index contributed by atoms with van der Waals surface area (Å²) in [7, 11) is 0. The van der Waals surface area contributed by atoms with E-state index in [1.807, 2.05) is 0 Å². The fraction of sp³-hybridized carbons (Fsp3) is 0. The van der Waals surface area contributed by atoms with Gasteiger partial charge in [0.05, 0.1) is 0 Å². The molecule has 4 heteroatoms. The molecule has 0 saturated carbocycles. The van der Waals surface area contributed by atoms with E-state index in [0.717, 1.165) is 0 Å². The summed E-state index contributed by atoms with van der Waals surface area (Å²) in [6, 6.07) is 0. The molecule has 4 heavy (non-hydrogen) atoms. The van der Waals surface area contributed by atoms with Crippen LogP contribution < -0.4 is 0 Å². The number of hydrogen-bond donors (Lipinski definition) is 0. The van der Waals surface area contributed by atoms with Crippen LogP contribution in [0, 0.1) is 49.4 Å². The van der Waals surface area contributed by atoms with Crippen molar-refractivity contribution < 1.29 is 72.0 Å². The summed E-state index contributed by atoms with van der Waals surface area (Å²) < 4.78 is 7.81. The number of hydrogen-bond acceptors (Lipinski definition) is 1. The summed E-state index contributed by atoms with van der Waals surface area (Å²) in [6.07, 6.45) is 0. The molecule has 1 radical (unpaired) electrons. The molecule has 0 aliphatic carbocycles. The van der Waals surface area contributed by atoms with Gasteiger partial charge in [-0.2, -0.15) is 0 Å². The zero-order valence-electron chi connectivity index (χ0n) is 3.79. The Hall–Kier alpha value is 3.48. The Morgan fingerprint density at radius 2 is 1.50 bits per heavy atom. The Balaban J connectivity index is -0.000000000833. The Kier molecular flexibility index (Phi) is 62.9. The van der Waals surface area contributed by atoms with Crippen LogP contribution in [0.15, 0.2) is 0 Å². The van der Waals surface area contributed by atoms with E-state index in [0.29, 0.717) is 0 Å². The molecule has 0 aromatic rings. The van der Waals surface area contributed by atoms with E-state index in [1.54, 1.807) is 0 Å². The van der Waals surface area contributed by atoms with Crippen LogP contribution in [0.1, 0.15) is 2.85 Å². The molecule has 28 valence electrons. The second-order valence-electron chi connectivity index (χ2n) is 0. The van der Waals surface area contributed by atoms with Gasteiger partial charge in [-0.1, -0.05) is 0 Å². The van der Waals surface area contributed by atoms with Crippen LogP contribution in [0.5, 0.6) is 0 Å². The summed E-state index contributed by atoms with van der Waals surface area (Å²) in [5, 5.41) is 0. The molecule has 0 amide bonds. The third-order valence-electron chi connectivity index (χ3n) is 0. The van der Waals surface area contributed by atoms with Crippen LogP contribution in [-0.2, 0) is 19.8 Å². The molecule has 0 aromatic heterocycles. The van der Waals surface area contributed by atoms with Crippen molar-refractivity contribution in [3.05, 3.63) is 0 Å². The fourth-order valence-corrected chi connectivity index (χ4v) is 0. The monoisotopic (exact) mass is 372 g/mol. The SMILES string of the molecule is [Ba+2].[Eu].[H-].[H-].[O]=[Cu]. The third-order valence-corrected chi connectivity index (χ3v) is 0. The molecule has 0 atom stereocenters. The van der Waals surface area contributed by atoms with Crippen LogP contribution in [-0.4, -0.2) is 48.9 Å². The first-order chi connectivity index (χ1) is 1.00. The third kappa shape index (κ3) is 9.08. The molecule has 0 N–H and O–H groups in total. The van der Waals surface area contributed by atoms with Crippen molar-refractivity contribution in [3.8, 4) is 0 Å². The van der Waals surface area contributed by atoms with Gasteiger partial charge in [-0.25, -0.2) is 0 Å². The summed E-state index contributed by atoms with van der Waals surface area (Å²) >= 11 is 2.94. The van der Waals surface area contributed by atoms with Crippen LogP contribution in [0.25, 0.3) is 0 Å². The van der Waals surface area contributed by atoms with E-state index >= 15 is 0 Å². The minimum atomic E-state index is 0. The molecule has 0 unspecified atom stereocenters. The standard InChI is InChI=1S/Ba.Cu.Eu.O.2H/q+2;;;;2*-1. The maximum atomic E-state index is 7.81. The van der Waals surface area contributed by atoms with Crippen LogP contribution in [0.2, 0.25) is 0 Å². The van der Waals surface area contributed by atoms with Crippen LogP contribution >= 0.6 is 0 Å². The Labute approximate surface area is 117 Å². The van der Waals surface area contributed by atoms with E-state index in [4.69, 9.17) is 3.83 Å². The van der Waals surface area contributed by atoms with E-state index in [-0.39, 0.29) is 101 Å². The van der Waals surface area contributed by atoms with Crippen LogP contribution in [0.3, 0.4) is 0 Å². The summed E-state index contributed by atoms with van der Waals surface area (Å²) in [6.45, 7) is 0. The molecule has 0 aliphatic heterocycles. The minimum absolute atomic E-state index is 0. The maximum absolute atomic E-state index is 7.81. The first kappa shape index (κ1) is 15.6. The van der Waals surface area contributed by atoms with Gasteiger partial charge in [-0.15, -0.1) is 0 Å². The van der Waals surface area contributed by atoms with Gasteiger partial charge in [-0.05, 0) is 0 Å². The number of rotatable bonds is 0. The van der Waals surface area contributed by atoms with Gasteiger partial charge in [0.1, 0.15) is 0 Å². The normalized spacial score (nSPS) is 1.50. The molecule has 0 rings (SSSR count). The van der Waals surface area contributed by atoms with Crippen molar-refractivity contribution in [2.24, 2.45) is 0 Å². The molecule has 0 saturated heterocycles. The Morgan fingerprint density at radius 1 is 1.50 bits per heavy atom. The molecule has 0 heterocycles. The Bertz CT molecular complexity index is 13.5. The van der Waals surface area contributed by atoms with Crippen molar-refractivity contribution in [3.63, 3.8) is 0 Å².